The highest BCUT2D eigenvalue weighted by atomic mass is 16.5. The number of rotatable bonds is 13. The molecule has 1 heterocycles. The van der Waals surface area contributed by atoms with Crippen molar-refractivity contribution in [3.05, 3.63) is 95.3 Å². The van der Waals surface area contributed by atoms with Gasteiger partial charge in [-0.15, -0.1) is 5.10 Å². The molecule has 1 unspecified atom stereocenters. The number of hydrogen-bond acceptors (Lipinski definition) is 9. The summed E-state index contributed by atoms with van der Waals surface area (Å²) in [5.41, 5.74) is 1.94. The molecule has 0 fully saturated rings. The molecule has 4 rings (SSSR count). The van der Waals surface area contributed by atoms with Gasteiger partial charge in [0.15, 0.2) is 17.2 Å². The Morgan fingerprint density at radius 1 is 0.929 bits per heavy atom. The number of ether oxygens (including phenoxy) is 4. The van der Waals surface area contributed by atoms with Gasteiger partial charge in [-0.05, 0) is 35.4 Å². The van der Waals surface area contributed by atoms with E-state index in [9.17, 15) is 14.9 Å². The number of carbonyl (C=O) groups excluding carboxylic acids is 2. The quantitative estimate of drug-likeness (QED) is 0.247. The van der Waals surface area contributed by atoms with Crippen LogP contribution in [0.2, 0.25) is 0 Å². The van der Waals surface area contributed by atoms with Crippen LogP contribution in [0.3, 0.4) is 0 Å². The lowest BCUT2D eigenvalue weighted by Crippen LogP contribution is -2.28. The van der Waals surface area contributed by atoms with Gasteiger partial charge in [-0.1, -0.05) is 47.7 Å². The highest BCUT2D eigenvalue weighted by molar-refractivity contribution is 5.98. The van der Waals surface area contributed by atoms with Crippen LogP contribution in [0.15, 0.2) is 72.9 Å². The van der Waals surface area contributed by atoms with Gasteiger partial charge in [0, 0.05) is 6.54 Å². The lowest BCUT2D eigenvalue weighted by atomic mass is 10.1. The molecule has 12 nitrogen and oxygen atoms in total. The van der Waals surface area contributed by atoms with E-state index in [-0.39, 0.29) is 36.0 Å². The number of nitriles is 1. The average Bonchev–Trinajstić information content (AvgIpc) is 3.51. The maximum absolute atomic E-state index is 12.8. The highest BCUT2D eigenvalue weighted by Crippen LogP contribution is 2.39. The Kier molecular flexibility index (Phi) is 9.93. The summed E-state index contributed by atoms with van der Waals surface area (Å²) in [6.07, 6.45) is 1.44. The number of aromatic nitrogens is 3. The van der Waals surface area contributed by atoms with E-state index in [0.29, 0.717) is 29.4 Å². The molecule has 12 heteroatoms. The van der Waals surface area contributed by atoms with E-state index in [2.05, 4.69) is 27.0 Å². The Morgan fingerprint density at radius 3 is 2.33 bits per heavy atom. The van der Waals surface area contributed by atoms with E-state index in [1.807, 2.05) is 30.3 Å². The zero-order valence-electron chi connectivity index (χ0n) is 23.4. The van der Waals surface area contributed by atoms with Crippen LogP contribution < -0.4 is 29.6 Å². The summed E-state index contributed by atoms with van der Waals surface area (Å²) < 4.78 is 23.1. The van der Waals surface area contributed by atoms with Gasteiger partial charge in [0.05, 0.1) is 45.7 Å². The standard InChI is InChI=1S/C30H30N6O6/c1-39-26-14-13-23(27(40-2)28(26)41-3)29(37)32-15-16-36-18-25(34-35-36)30(38)33-24(17-31)21-9-11-22(12-10-21)42-19-20-7-5-4-6-8-20/h4-14,18,24H,15-16,19H2,1-3H3,(H,32,37)(H,33,38). The van der Waals surface area contributed by atoms with Crippen LogP contribution in [-0.4, -0.2) is 54.7 Å². The van der Waals surface area contributed by atoms with Crippen molar-refractivity contribution in [1.29, 1.82) is 5.26 Å². The number of nitrogens with zero attached hydrogens (tertiary/aromatic N) is 4. The molecule has 42 heavy (non-hydrogen) atoms. The Bertz CT molecular complexity index is 1550. The molecule has 2 N–H and O–H groups in total. The summed E-state index contributed by atoms with van der Waals surface area (Å²) in [5.74, 6) is 0.682. The van der Waals surface area contributed by atoms with E-state index < -0.39 is 11.9 Å². The Balaban J connectivity index is 1.30. The smallest absolute Gasteiger partial charge is 0.274 e. The van der Waals surface area contributed by atoms with Gasteiger partial charge >= 0.3 is 0 Å². The van der Waals surface area contributed by atoms with E-state index >= 15 is 0 Å². The number of hydrogen-bond donors (Lipinski definition) is 2. The first-order chi connectivity index (χ1) is 20.5. The first kappa shape index (κ1) is 29.4. The van der Waals surface area contributed by atoms with Gasteiger partial charge in [0.2, 0.25) is 5.75 Å². The van der Waals surface area contributed by atoms with Crippen LogP contribution >= 0.6 is 0 Å². The van der Waals surface area contributed by atoms with Crippen molar-refractivity contribution in [3.8, 4) is 29.1 Å². The Morgan fingerprint density at radius 2 is 1.67 bits per heavy atom. The van der Waals surface area contributed by atoms with E-state index in [1.54, 1.807) is 36.4 Å². The monoisotopic (exact) mass is 570 g/mol. The largest absolute Gasteiger partial charge is 0.493 e. The molecule has 0 saturated heterocycles. The van der Waals surface area contributed by atoms with Gasteiger partial charge in [0.1, 0.15) is 18.4 Å². The van der Waals surface area contributed by atoms with Crippen molar-refractivity contribution in [3.63, 3.8) is 0 Å². The third-order valence-corrected chi connectivity index (χ3v) is 6.21. The van der Waals surface area contributed by atoms with Gasteiger partial charge in [-0.3, -0.25) is 9.59 Å². The molecule has 0 bridgehead atoms. The van der Waals surface area contributed by atoms with Crippen molar-refractivity contribution in [2.75, 3.05) is 27.9 Å². The second-order valence-electron chi connectivity index (χ2n) is 8.88. The fourth-order valence-corrected chi connectivity index (χ4v) is 4.06. The lowest BCUT2D eigenvalue weighted by Gasteiger charge is -2.15. The number of carbonyl (C=O) groups is 2. The van der Waals surface area contributed by atoms with Crippen molar-refractivity contribution in [2.45, 2.75) is 19.2 Å². The van der Waals surface area contributed by atoms with Crippen LogP contribution in [0.1, 0.15) is 38.0 Å². The number of amides is 2. The molecule has 0 saturated carbocycles. The molecule has 0 aliphatic heterocycles. The molecule has 3 aromatic carbocycles. The van der Waals surface area contributed by atoms with Crippen LogP contribution in [0, 0.1) is 11.3 Å². The lowest BCUT2D eigenvalue weighted by molar-refractivity contribution is 0.0934. The van der Waals surface area contributed by atoms with Crippen LogP contribution in [-0.2, 0) is 13.2 Å². The molecule has 1 atom stereocenters. The Hall–Kier alpha value is -5.57. The van der Waals surface area contributed by atoms with Gasteiger partial charge in [0.25, 0.3) is 11.8 Å². The first-order valence-corrected chi connectivity index (χ1v) is 12.9. The van der Waals surface area contributed by atoms with Crippen molar-refractivity contribution in [1.82, 2.24) is 25.6 Å². The first-order valence-electron chi connectivity index (χ1n) is 12.9. The molecular formula is C30H30N6O6. The molecule has 0 aliphatic carbocycles. The molecule has 0 radical (unpaired) electrons. The summed E-state index contributed by atoms with van der Waals surface area (Å²) in [6.45, 7) is 0.858. The summed E-state index contributed by atoms with van der Waals surface area (Å²) in [7, 11) is 4.38. The fourth-order valence-electron chi connectivity index (χ4n) is 4.06. The minimum absolute atomic E-state index is 0.0333. The van der Waals surface area contributed by atoms with Crippen LogP contribution in [0.4, 0.5) is 0 Å². The van der Waals surface area contributed by atoms with Crippen molar-refractivity contribution in [2.24, 2.45) is 0 Å². The third kappa shape index (κ3) is 7.14. The Labute approximate surface area is 242 Å². The normalized spacial score (nSPS) is 11.1. The molecule has 4 aromatic rings. The molecule has 0 aliphatic rings. The topological polar surface area (TPSA) is 150 Å². The number of nitrogens with one attached hydrogen (secondary N) is 2. The molecule has 1 aromatic heterocycles. The summed E-state index contributed by atoms with van der Waals surface area (Å²) in [4.78, 5) is 25.5. The zero-order chi connectivity index (χ0) is 29.9. The summed E-state index contributed by atoms with van der Waals surface area (Å²) >= 11 is 0. The molecular weight excluding hydrogens is 540 g/mol. The maximum Gasteiger partial charge on any atom is 0.274 e. The van der Waals surface area contributed by atoms with E-state index in [1.165, 1.54) is 32.2 Å². The maximum atomic E-state index is 12.8. The molecule has 216 valence electrons. The predicted molar refractivity (Wildman–Crippen MR) is 151 cm³/mol. The summed E-state index contributed by atoms with van der Waals surface area (Å²) in [6, 6.07) is 21.1. The van der Waals surface area contributed by atoms with Crippen molar-refractivity contribution < 1.29 is 28.5 Å². The van der Waals surface area contributed by atoms with Gasteiger partial charge in [-0.25, -0.2) is 4.68 Å². The van der Waals surface area contributed by atoms with Crippen molar-refractivity contribution >= 4 is 11.8 Å². The number of benzene rings is 3. The fraction of sp³-hybridized carbons (Fsp3) is 0.233. The van der Waals surface area contributed by atoms with Crippen LogP contribution in [0.5, 0.6) is 23.0 Å². The SMILES string of the molecule is COc1ccc(C(=O)NCCn2cc(C(=O)NC(C#N)c3ccc(OCc4ccccc4)cc3)nn2)c(OC)c1OC. The second-order valence-corrected chi connectivity index (χ2v) is 8.88. The highest BCUT2D eigenvalue weighted by Gasteiger charge is 2.21. The zero-order valence-corrected chi connectivity index (χ0v) is 23.4. The predicted octanol–water partition coefficient (Wildman–Crippen LogP) is 3.31. The van der Waals surface area contributed by atoms with Gasteiger partial charge in [-0.2, -0.15) is 5.26 Å². The van der Waals surface area contributed by atoms with E-state index in [0.717, 1.165) is 5.56 Å². The number of methoxy groups -OCH3 is 3. The van der Waals surface area contributed by atoms with Gasteiger partial charge < -0.3 is 29.6 Å². The van der Waals surface area contributed by atoms with E-state index in [4.69, 9.17) is 18.9 Å². The minimum Gasteiger partial charge on any atom is -0.493 e. The van der Waals surface area contributed by atoms with Crippen LogP contribution in [0.25, 0.3) is 0 Å². The third-order valence-electron chi connectivity index (χ3n) is 6.21. The minimum atomic E-state index is -0.901. The summed E-state index contributed by atoms with van der Waals surface area (Å²) in [5, 5.41) is 22.9. The molecule has 2 amide bonds. The molecule has 0 spiro atoms. The second kappa shape index (κ2) is 14.2. The average molecular weight is 571 g/mol.